The quantitative estimate of drug-likeness (QED) is 0.892. The molecule has 5 heteroatoms. The fourth-order valence-electron chi connectivity index (χ4n) is 1.52. The lowest BCUT2D eigenvalue weighted by atomic mass is 10.2. The molecular formula is C13H15N3O2. The van der Waals surface area contributed by atoms with E-state index in [0.717, 1.165) is 11.3 Å². The molecule has 1 aromatic heterocycles. The van der Waals surface area contributed by atoms with Gasteiger partial charge in [0.1, 0.15) is 6.33 Å². The molecule has 0 unspecified atom stereocenters. The molecule has 94 valence electrons. The van der Waals surface area contributed by atoms with Gasteiger partial charge in [-0.2, -0.15) is 0 Å². The summed E-state index contributed by atoms with van der Waals surface area (Å²) in [4.78, 5) is 8.05. The van der Waals surface area contributed by atoms with Crippen molar-refractivity contribution in [2.75, 3.05) is 7.11 Å². The van der Waals surface area contributed by atoms with Crippen molar-refractivity contribution in [1.29, 1.82) is 0 Å². The van der Waals surface area contributed by atoms with E-state index in [4.69, 9.17) is 15.2 Å². The van der Waals surface area contributed by atoms with E-state index < -0.39 is 0 Å². The van der Waals surface area contributed by atoms with Gasteiger partial charge in [0.15, 0.2) is 11.5 Å². The van der Waals surface area contributed by atoms with Gasteiger partial charge in [-0.3, -0.25) is 0 Å². The first-order valence-corrected chi connectivity index (χ1v) is 5.56. The zero-order chi connectivity index (χ0) is 13.0. The molecule has 0 aliphatic carbocycles. The van der Waals surface area contributed by atoms with Gasteiger partial charge in [0, 0.05) is 18.3 Å². The molecule has 0 saturated carbocycles. The fraction of sp³-hybridized carbons (Fsp3) is 0.231. The second kappa shape index (κ2) is 5.46. The van der Waals surface area contributed by atoms with Gasteiger partial charge < -0.3 is 15.2 Å². The van der Waals surface area contributed by atoms with E-state index in [1.165, 1.54) is 6.33 Å². The summed E-state index contributed by atoms with van der Waals surface area (Å²) >= 11 is 0. The van der Waals surface area contributed by atoms with Gasteiger partial charge in [0.25, 0.3) is 0 Å². The molecule has 0 amide bonds. The van der Waals surface area contributed by atoms with Gasteiger partial charge in [-0.05, 0) is 24.6 Å². The van der Waals surface area contributed by atoms with E-state index in [9.17, 15) is 0 Å². The molecule has 18 heavy (non-hydrogen) atoms. The Bertz CT molecular complexity index is 544. The highest BCUT2D eigenvalue weighted by Gasteiger charge is 2.07. The second-order valence-corrected chi connectivity index (χ2v) is 3.79. The average Bonchev–Trinajstić information content (AvgIpc) is 2.39. The summed E-state index contributed by atoms with van der Waals surface area (Å²) in [6.45, 7) is 2.34. The third-order valence-electron chi connectivity index (χ3n) is 2.46. The smallest absolute Gasteiger partial charge is 0.222 e. The van der Waals surface area contributed by atoms with Crippen LogP contribution in [-0.4, -0.2) is 17.1 Å². The Morgan fingerprint density at radius 1 is 1.17 bits per heavy atom. The van der Waals surface area contributed by atoms with Gasteiger partial charge >= 0.3 is 0 Å². The van der Waals surface area contributed by atoms with Crippen LogP contribution < -0.4 is 15.2 Å². The lowest BCUT2D eigenvalue weighted by Crippen LogP contribution is -1.98. The number of hydrogen-bond acceptors (Lipinski definition) is 5. The van der Waals surface area contributed by atoms with Crippen LogP contribution >= 0.6 is 0 Å². The number of hydrogen-bond donors (Lipinski definition) is 1. The molecule has 0 bridgehead atoms. The van der Waals surface area contributed by atoms with Crippen molar-refractivity contribution >= 4 is 0 Å². The number of nitrogens with two attached hydrogens (primary N) is 1. The summed E-state index contributed by atoms with van der Waals surface area (Å²) in [5.41, 5.74) is 7.41. The Balaban J connectivity index is 2.28. The Morgan fingerprint density at radius 2 is 2.00 bits per heavy atom. The van der Waals surface area contributed by atoms with Crippen LogP contribution in [0, 0.1) is 6.92 Å². The molecule has 0 saturated heterocycles. The fourth-order valence-corrected chi connectivity index (χ4v) is 1.52. The molecule has 2 N–H and O–H groups in total. The topological polar surface area (TPSA) is 70.3 Å². The highest BCUT2D eigenvalue weighted by molar-refractivity contribution is 5.44. The van der Waals surface area contributed by atoms with E-state index in [0.29, 0.717) is 23.9 Å². The second-order valence-electron chi connectivity index (χ2n) is 3.79. The van der Waals surface area contributed by atoms with Gasteiger partial charge in [0.05, 0.1) is 7.11 Å². The first-order chi connectivity index (χ1) is 8.72. The number of methoxy groups -OCH3 is 1. The number of benzene rings is 1. The Hall–Kier alpha value is -2.14. The number of ether oxygens (including phenoxy) is 2. The molecular weight excluding hydrogens is 230 g/mol. The summed E-state index contributed by atoms with van der Waals surface area (Å²) in [5.74, 6) is 1.73. The number of rotatable bonds is 4. The van der Waals surface area contributed by atoms with Gasteiger partial charge in [-0.1, -0.05) is 6.07 Å². The summed E-state index contributed by atoms with van der Waals surface area (Å²) in [6, 6.07) is 7.32. The van der Waals surface area contributed by atoms with E-state index >= 15 is 0 Å². The van der Waals surface area contributed by atoms with Crippen LogP contribution in [0.5, 0.6) is 17.4 Å². The highest BCUT2D eigenvalue weighted by atomic mass is 16.5. The third kappa shape index (κ3) is 2.75. The van der Waals surface area contributed by atoms with E-state index in [-0.39, 0.29) is 0 Å². The van der Waals surface area contributed by atoms with Crippen LogP contribution in [0.25, 0.3) is 0 Å². The van der Waals surface area contributed by atoms with Crippen LogP contribution in [-0.2, 0) is 6.54 Å². The summed E-state index contributed by atoms with van der Waals surface area (Å²) in [6.07, 6.45) is 1.46. The summed E-state index contributed by atoms with van der Waals surface area (Å²) in [7, 11) is 1.59. The molecule has 0 spiro atoms. The first kappa shape index (κ1) is 12.3. The minimum absolute atomic E-state index is 0.462. The normalized spacial score (nSPS) is 10.2. The summed E-state index contributed by atoms with van der Waals surface area (Å²) < 4.78 is 10.9. The SMILES string of the molecule is COc1cc(CN)ccc1Oc1cc(C)ncn1. The maximum absolute atomic E-state index is 5.66. The van der Waals surface area contributed by atoms with E-state index in [1.54, 1.807) is 13.2 Å². The molecule has 2 aromatic rings. The molecule has 0 fully saturated rings. The van der Waals surface area contributed by atoms with Crippen molar-refractivity contribution in [2.45, 2.75) is 13.5 Å². The Labute approximate surface area is 106 Å². The Morgan fingerprint density at radius 3 is 2.67 bits per heavy atom. The van der Waals surface area contributed by atoms with E-state index in [2.05, 4.69) is 9.97 Å². The Kier molecular flexibility index (Phi) is 3.74. The van der Waals surface area contributed by atoms with Crippen molar-refractivity contribution in [3.63, 3.8) is 0 Å². The van der Waals surface area contributed by atoms with Gasteiger partial charge in [0.2, 0.25) is 5.88 Å². The number of aryl methyl sites for hydroxylation is 1. The minimum Gasteiger partial charge on any atom is -0.493 e. The predicted molar refractivity (Wildman–Crippen MR) is 67.7 cm³/mol. The molecule has 0 radical (unpaired) electrons. The summed E-state index contributed by atoms with van der Waals surface area (Å²) in [5, 5.41) is 0. The van der Waals surface area contributed by atoms with E-state index in [1.807, 2.05) is 25.1 Å². The van der Waals surface area contributed by atoms with Crippen molar-refractivity contribution in [3.8, 4) is 17.4 Å². The lowest BCUT2D eigenvalue weighted by Gasteiger charge is -2.10. The minimum atomic E-state index is 0.462. The van der Waals surface area contributed by atoms with Crippen LogP contribution in [0.15, 0.2) is 30.6 Å². The highest BCUT2D eigenvalue weighted by Crippen LogP contribution is 2.31. The molecule has 0 aliphatic heterocycles. The molecule has 1 aromatic carbocycles. The maximum atomic E-state index is 5.66. The lowest BCUT2D eigenvalue weighted by molar-refractivity contribution is 0.373. The largest absolute Gasteiger partial charge is 0.493 e. The van der Waals surface area contributed by atoms with Crippen molar-refractivity contribution < 1.29 is 9.47 Å². The molecule has 0 aliphatic rings. The van der Waals surface area contributed by atoms with Crippen molar-refractivity contribution in [2.24, 2.45) is 5.73 Å². The van der Waals surface area contributed by atoms with Gasteiger partial charge in [-0.15, -0.1) is 0 Å². The number of aromatic nitrogens is 2. The zero-order valence-electron chi connectivity index (χ0n) is 10.4. The molecule has 2 rings (SSSR count). The molecule has 0 atom stereocenters. The monoisotopic (exact) mass is 245 g/mol. The maximum Gasteiger partial charge on any atom is 0.222 e. The molecule has 1 heterocycles. The van der Waals surface area contributed by atoms with Crippen LogP contribution in [0.1, 0.15) is 11.3 Å². The predicted octanol–water partition coefficient (Wildman–Crippen LogP) is 2.04. The number of nitrogens with zero attached hydrogens (tertiary/aromatic N) is 2. The first-order valence-electron chi connectivity index (χ1n) is 5.56. The third-order valence-corrected chi connectivity index (χ3v) is 2.46. The average molecular weight is 245 g/mol. The van der Waals surface area contributed by atoms with Crippen LogP contribution in [0.2, 0.25) is 0 Å². The molecule has 5 nitrogen and oxygen atoms in total. The zero-order valence-corrected chi connectivity index (χ0v) is 10.4. The van der Waals surface area contributed by atoms with Crippen molar-refractivity contribution in [1.82, 2.24) is 9.97 Å². The van der Waals surface area contributed by atoms with Crippen molar-refractivity contribution in [3.05, 3.63) is 41.9 Å². The van der Waals surface area contributed by atoms with Gasteiger partial charge in [-0.25, -0.2) is 9.97 Å². The standard InChI is InChI=1S/C13H15N3O2/c1-9-5-13(16-8-15-9)18-11-4-3-10(7-14)6-12(11)17-2/h3-6,8H,7,14H2,1-2H3. The van der Waals surface area contributed by atoms with Crippen LogP contribution in [0.4, 0.5) is 0 Å². The van der Waals surface area contributed by atoms with Crippen LogP contribution in [0.3, 0.4) is 0 Å².